The van der Waals surface area contributed by atoms with Gasteiger partial charge < -0.3 is 5.32 Å². The van der Waals surface area contributed by atoms with E-state index in [-0.39, 0.29) is 0 Å². The molecular formula is C14H26BrN3. The topological polar surface area (TPSA) is 29.9 Å². The lowest BCUT2D eigenvalue weighted by atomic mass is 9.92. The molecule has 0 fully saturated rings. The molecule has 4 heteroatoms. The molecule has 0 amide bonds. The van der Waals surface area contributed by atoms with Gasteiger partial charge in [0.15, 0.2) is 0 Å². The molecule has 1 rings (SSSR count). The molecule has 0 bridgehead atoms. The van der Waals surface area contributed by atoms with E-state index in [2.05, 4.69) is 47.2 Å². The second-order valence-corrected chi connectivity index (χ2v) is 5.98. The molecule has 0 radical (unpaired) electrons. The van der Waals surface area contributed by atoms with Crippen molar-refractivity contribution < 1.29 is 0 Å². The first-order valence-electron chi connectivity index (χ1n) is 6.86. The van der Waals surface area contributed by atoms with E-state index in [1.807, 2.05) is 18.7 Å². The maximum Gasteiger partial charge on any atom is 0.0738 e. The van der Waals surface area contributed by atoms with Crippen LogP contribution in [-0.4, -0.2) is 22.9 Å². The molecular weight excluding hydrogens is 290 g/mol. The van der Waals surface area contributed by atoms with Crippen LogP contribution < -0.4 is 5.32 Å². The molecule has 2 unspecified atom stereocenters. The number of aryl methyl sites for hydroxylation is 2. The van der Waals surface area contributed by atoms with Crippen molar-refractivity contribution in [2.45, 2.75) is 52.5 Å². The molecule has 18 heavy (non-hydrogen) atoms. The number of halogens is 1. The van der Waals surface area contributed by atoms with Gasteiger partial charge in [0.25, 0.3) is 0 Å². The summed E-state index contributed by atoms with van der Waals surface area (Å²) in [5.74, 6) is 0.692. The van der Waals surface area contributed by atoms with E-state index >= 15 is 0 Å². The van der Waals surface area contributed by atoms with Crippen LogP contribution in [0.15, 0.2) is 4.47 Å². The van der Waals surface area contributed by atoms with E-state index in [0.29, 0.717) is 12.0 Å². The summed E-state index contributed by atoms with van der Waals surface area (Å²) >= 11 is 3.65. The van der Waals surface area contributed by atoms with Crippen molar-refractivity contribution in [2.75, 3.05) is 7.05 Å². The highest BCUT2D eigenvalue weighted by Gasteiger charge is 2.20. The molecule has 1 aromatic rings. The summed E-state index contributed by atoms with van der Waals surface area (Å²) in [6, 6.07) is 0.516. The van der Waals surface area contributed by atoms with E-state index in [0.717, 1.165) is 16.6 Å². The van der Waals surface area contributed by atoms with E-state index in [1.165, 1.54) is 25.0 Å². The SMILES string of the molecule is CCCCC(C)C(Cc1c(Br)c(C)nn1C)NC. The van der Waals surface area contributed by atoms with Gasteiger partial charge in [0.2, 0.25) is 0 Å². The lowest BCUT2D eigenvalue weighted by molar-refractivity contribution is 0.359. The highest BCUT2D eigenvalue weighted by atomic mass is 79.9. The van der Waals surface area contributed by atoms with Crippen LogP contribution in [0.25, 0.3) is 0 Å². The summed E-state index contributed by atoms with van der Waals surface area (Å²) in [6.45, 7) is 6.64. The molecule has 1 aromatic heterocycles. The Balaban J connectivity index is 2.73. The third-order valence-electron chi connectivity index (χ3n) is 3.75. The van der Waals surface area contributed by atoms with Gasteiger partial charge in [-0.25, -0.2) is 0 Å². The standard InChI is InChI=1S/C14H26BrN3/c1-6-7-8-10(2)12(16-4)9-13-14(15)11(3)17-18(13)5/h10,12,16H,6-9H2,1-5H3. The number of hydrogen-bond donors (Lipinski definition) is 1. The van der Waals surface area contributed by atoms with Crippen LogP contribution >= 0.6 is 15.9 Å². The van der Waals surface area contributed by atoms with Crippen LogP contribution in [-0.2, 0) is 13.5 Å². The predicted octanol–water partition coefficient (Wildman–Crippen LogP) is 3.45. The minimum absolute atomic E-state index is 0.516. The molecule has 3 nitrogen and oxygen atoms in total. The van der Waals surface area contributed by atoms with Crippen molar-refractivity contribution in [3.63, 3.8) is 0 Å². The zero-order valence-corrected chi connectivity index (χ0v) is 13.8. The number of nitrogens with zero attached hydrogens (tertiary/aromatic N) is 2. The van der Waals surface area contributed by atoms with Gasteiger partial charge in [-0.2, -0.15) is 5.10 Å². The van der Waals surface area contributed by atoms with E-state index in [1.54, 1.807) is 0 Å². The van der Waals surface area contributed by atoms with Crippen molar-refractivity contribution in [2.24, 2.45) is 13.0 Å². The van der Waals surface area contributed by atoms with E-state index < -0.39 is 0 Å². The minimum Gasteiger partial charge on any atom is -0.316 e. The molecule has 0 aliphatic heterocycles. The molecule has 0 saturated heterocycles. The molecule has 104 valence electrons. The van der Waals surface area contributed by atoms with Crippen molar-refractivity contribution in [1.82, 2.24) is 15.1 Å². The van der Waals surface area contributed by atoms with E-state index in [9.17, 15) is 0 Å². The van der Waals surface area contributed by atoms with Gasteiger partial charge >= 0.3 is 0 Å². The average Bonchev–Trinajstić information content (AvgIpc) is 2.58. The molecule has 1 heterocycles. The maximum absolute atomic E-state index is 4.46. The van der Waals surface area contributed by atoms with Gasteiger partial charge in [0.1, 0.15) is 0 Å². The smallest absolute Gasteiger partial charge is 0.0738 e. The Morgan fingerprint density at radius 3 is 2.56 bits per heavy atom. The third-order valence-corrected chi connectivity index (χ3v) is 4.78. The van der Waals surface area contributed by atoms with E-state index in [4.69, 9.17) is 0 Å². The van der Waals surface area contributed by atoms with Crippen molar-refractivity contribution in [1.29, 1.82) is 0 Å². The zero-order valence-electron chi connectivity index (χ0n) is 12.3. The lowest BCUT2D eigenvalue weighted by Crippen LogP contribution is -2.35. The molecule has 1 N–H and O–H groups in total. The third kappa shape index (κ3) is 3.82. The quantitative estimate of drug-likeness (QED) is 0.835. The van der Waals surface area contributed by atoms with Crippen molar-refractivity contribution in [3.8, 4) is 0 Å². The summed E-state index contributed by atoms with van der Waals surface area (Å²) in [4.78, 5) is 0. The lowest BCUT2D eigenvalue weighted by Gasteiger charge is -2.23. The predicted molar refractivity (Wildman–Crippen MR) is 80.9 cm³/mol. The summed E-state index contributed by atoms with van der Waals surface area (Å²) in [5.41, 5.74) is 2.36. The number of aromatic nitrogens is 2. The number of rotatable bonds is 7. The molecule has 0 aromatic carbocycles. The molecule has 0 aliphatic carbocycles. The monoisotopic (exact) mass is 315 g/mol. The normalized spacial score (nSPS) is 14.8. The number of likely N-dealkylation sites (N-methyl/N-ethyl adjacent to an activating group) is 1. The van der Waals surface area contributed by atoms with Crippen LogP contribution in [0.1, 0.15) is 44.5 Å². The van der Waals surface area contributed by atoms with Gasteiger partial charge in [-0.05, 0) is 42.2 Å². The summed E-state index contributed by atoms with van der Waals surface area (Å²) < 4.78 is 3.16. The van der Waals surface area contributed by atoms with Gasteiger partial charge in [-0.15, -0.1) is 0 Å². The van der Waals surface area contributed by atoms with Crippen LogP contribution in [0.4, 0.5) is 0 Å². The van der Waals surface area contributed by atoms with Gasteiger partial charge in [-0.1, -0.05) is 26.7 Å². The summed E-state index contributed by atoms with van der Waals surface area (Å²) in [5, 5.41) is 7.92. The Bertz CT molecular complexity index is 373. The van der Waals surface area contributed by atoms with Gasteiger partial charge in [0.05, 0.1) is 15.9 Å². The zero-order chi connectivity index (χ0) is 13.7. The second kappa shape index (κ2) is 7.29. The highest BCUT2D eigenvalue weighted by molar-refractivity contribution is 9.10. The van der Waals surface area contributed by atoms with Crippen LogP contribution in [0, 0.1) is 12.8 Å². The van der Waals surface area contributed by atoms with Crippen LogP contribution in [0.3, 0.4) is 0 Å². The molecule has 0 aliphatic rings. The first-order chi connectivity index (χ1) is 8.51. The average molecular weight is 316 g/mol. The highest BCUT2D eigenvalue weighted by Crippen LogP contribution is 2.24. The van der Waals surface area contributed by atoms with Crippen molar-refractivity contribution in [3.05, 3.63) is 15.9 Å². The Morgan fingerprint density at radius 2 is 2.11 bits per heavy atom. The number of unbranched alkanes of at least 4 members (excludes halogenated alkanes) is 1. The first kappa shape index (κ1) is 15.7. The van der Waals surface area contributed by atoms with Crippen molar-refractivity contribution >= 4 is 15.9 Å². The number of hydrogen-bond acceptors (Lipinski definition) is 2. The fourth-order valence-corrected chi connectivity index (χ4v) is 2.92. The van der Waals surface area contributed by atoms with Gasteiger partial charge in [0, 0.05) is 19.5 Å². The Kier molecular flexibility index (Phi) is 6.36. The molecule has 0 saturated carbocycles. The fraction of sp³-hybridized carbons (Fsp3) is 0.786. The maximum atomic E-state index is 4.46. The summed E-state index contributed by atoms with van der Waals surface area (Å²) in [7, 11) is 4.08. The second-order valence-electron chi connectivity index (χ2n) is 5.19. The van der Waals surface area contributed by atoms with Crippen LogP contribution in [0.5, 0.6) is 0 Å². The minimum atomic E-state index is 0.516. The Morgan fingerprint density at radius 1 is 1.44 bits per heavy atom. The molecule has 0 spiro atoms. The Hall–Kier alpha value is -0.350. The summed E-state index contributed by atoms with van der Waals surface area (Å²) in [6.07, 6.45) is 4.90. The van der Waals surface area contributed by atoms with Gasteiger partial charge in [-0.3, -0.25) is 4.68 Å². The largest absolute Gasteiger partial charge is 0.316 e. The fourth-order valence-electron chi connectivity index (χ4n) is 2.43. The first-order valence-corrected chi connectivity index (χ1v) is 7.65. The van der Waals surface area contributed by atoms with Crippen LogP contribution in [0.2, 0.25) is 0 Å². The molecule has 2 atom stereocenters. The Labute approximate surface area is 119 Å². The number of nitrogens with one attached hydrogen (secondary N) is 1.